The predicted molar refractivity (Wildman–Crippen MR) is 195 cm³/mol. The summed E-state index contributed by atoms with van der Waals surface area (Å²) < 4.78 is 85.2. The molecule has 9 rings (SSSR count). The lowest BCUT2D eigenvalue weighted by atomic mass is 9.95. The maximum absolute atomic E-state index is 13.8. The van der Waals surface area contributed by atoms with Crippen molar-refractivity contribution in [2.75, 3.05) is 43.1 Å². The number of ether oxygens (including phenoxy) is 3. The van der Waals surface area contributed by atoms with E-state index in [2.05, 4.69) is 19.9 Å². The van der Waals surface area contributed by atoms with Crippen molar-refractivity contribution in [3.63, 3.8) is 0 Å². The Kier molecular flexibility index (Phi) is 10.0. The van der Waals surface area contributed by atoms with Crippen LogP contribution in [0.3, 0.4) is 0 Å². The Balaban J connectivity index is 0.885. The Morgan fingerprint density at radius 2 is 1.56 bits per heavy atom. The third-order valence-electron chi connectivity index (χ3n) is 11.4. The van der Waals surface area contributed by atoms with E-state index in [1.807, 2.05) is 12.1 Å². The molecule has 59 heavy (non-hydrogen) atoms. The molecule has 1 aliphatic carbocycles. The second-order valence-electron chi connectivity index (χ2n) is 15.6. The zero-order chi connectivity index (χ0) is 41.0. The summed E-state index contributed by atoms with van der Waals surface area (Å²) in [7, 11) is 1.37. The molecule has 0 spiro atoms. The zero-order valence-corrected chi connectivity index (χ0v) is 31.9. The number of halogens is 5. The van der Waals surface area contributed by atoms with Gasteiger partial charge in [0.25, 0.3) is 0 Å². The van der Waals surface area contributed by atoms with Crippen LogP contribution in [-0.4, -0.2) is 86.4 Å². The molecule has 20 heteroatoms. The fourth-order valence-corrected chi connectivity index (χ4v) is 8.10. The van der Waals surface area contributed by atoms with Crippen LogP contribution >= 0.6 is 0 Å². The molecule has 310 valence electrons. The molecular formula is C39H40F5N10O5+. The van der Waals surface area contributed by atoms with E-state index in [4.69, 9.17) is 24.2 Å². The lowest BCUT2D eigenvalue weighted by molar-refractivity contribution is -0.739. The topological polar surface area (TPSA) is 143 Å². The highest BCUT2D eigenvalue weighted by atomic mass is 19.4. The van der Waals surface area contributed by atoms with Crippen molar-refractivity contribution in [3.05, 3.63) is 76.9 Å². The first-order chi connectivity index (χ1) is 28.4. The SMILES string of the molecule is COc1nc(OC(F)F)[n+](COc2nc(C3CC3)nc3c2CN(C(=O)CC2CN(c4ccnc(C(F)(F)F)c4)C2)C3)c2c1CN(C(=O)CC1CN(c3cccnc3)C1)C2. The van der Waals surface area contributed by atoms with Gasteiger partial charge in [-0.2, -0.15) is 31.5 Å². The van der Waals surface area contributed by atoms with E-state index in [0.717, 1.165) is 30.8 Å². The Morgan fingerprint density at radius 3 is 2.20 bits per heavy atom. The maximum Gasteiger partial charge on any atom is 0.509 e. The summed E-state index contributed by atoms with van der Waals surface area (Å²) in [6, 6.07) is 5.90. The molecule has 5 aliphatic rings. The van der Waals surface area contributed by atoms with Crippen molar-refractivity contribution in [2.45, 2.75) is 77.3 Å². The summed E-state index contributed by atoms with van der Waals surface area (Å²) in [5, 5.41) is 0. The molecule has 0 unspecified atom stereocenters. The number of amides is 2. The zero-order valence-electron chi connectivity index (χ0n) is 31.9. The van der Waals surface area contributed by atoms with Gasteiger partial charge >= 0.3 is 24.7 Å². The van der Waals surface area contributed by atoms with Gasteiger partial charge in [0.15, 0.2) is 0 Å². The highest BCUT2D eigenvalue weighted by molar-refractivity contribution is 5.78. The van der Waals surface area contributed by atoms with Crippen LogP contribution in [-0.2, 0) is 48.7 Å². The molecule has 0 bridgehead atoms. The predicted octanol–water partition coefficient (Wildman–Crippen LogP) is 4.23. The monoisotopic (exact) mass is 823 g/mol. The number of carbonyl (C=O) groups excluding carboxylic acids is 2. The minimum absolute atomic E-state index is 0.0584. The van der Waals surface area contributed by atoms with Crippen LogP contribution in [0.1, 0.15) is 65.6 Å². The molecule has 4 aromatic rings. The number of hydrogen-bond donors (Lipinski definition) is 0. The van der Waals surface area contributed by atoms with Gasteiger partial charge in [0.05, 0.1) is 56.4 Å². The molecule has 8 heterocycles. The van der Waals surface area contributed by atoms with Crippen LogP contribution in [0, 0.1) is 11.8 Å². The number of rotatable bonds is 13. The van der Waals surface area contributed by atoms with Gasteiger partial charge in [0.2, 0.25) is 24.4 Å². The van der Waals surface area contributed by atoms with Gasteiger partial charge in [-0.3, -0.25) is 19.6 Å². The molecule has 15 nitrogen and oxygen atoms in total. The summed E-state index contributed by atoms with van der Waals surface area (Å²) >= 11 is 0. The lowest BCUT2D eigenvalue weighted by Crippen LogP contribution is -2.49. The molecular weight excluding hydrogens is 783 g/mol. The van der Waals surface area contributed by atoms with Gasteiger partial charge in [-0.05, 0) is 37.1 Å². The number of aromatic nitrogens is 6. The average Bonchev–Trinajstić information content (AvgIpc) is 3.79. The van der Waals surface area contributed by atoms with Gasteiger partial charge < -0.3 is 33.8 Å². The van der Waals surface area contributed by atoms with Crippen molar-refractivity contribution >= 4 is 23.2 Å². The first-order valence-electron chi connectivity index (χ1n) is 19.4. The molecule has 0 aromatic carbocycles. The van der Waals surface area contributed by atoms with Crippen LogP contribution in [0.25, 0.3) is 0 Å². The normalized spacial score (nSPS) is 17.8. The third-order valence-corrected chi connectivity index (χ3v) is 11.4. The van der Waals surface area contributed by atoms with Gasteiger partial charge in [-0.15, -0.1) is 0 Å². The molecule has 0 radical (unpaired) electrons. The largest absolute Gasteiger partial charge is 0.509 e. The van der Waals surface area contributed by atoms with Crippen LogP contribution in [0.4, 0.5) is 33.3 Å². The minimum Gasteiger partial charge on any atom is -0.462 e. The number of alkyl halides is 5. The molecule has 3 fully saturated rings. The number of carbonyl (C=O) groups is 2. The smallest absolute Gasteiger partial charge is 0.462 e. The van der Waals surface area contributed by atoms with Gasteiger partial charge in [0, 0.05) is 79.8 Å². The van der Waals surface area contributed by atoms with Crippen LogP contribution in [0.2, 0.25) is 0 Å². The average molecular weight is 824 g/mol. The van der Waals surface area contributed by atoms with Crippen molar-refractivity contribution in [1.29, 1.82) is 0 Å². The third kappa shape index (κ3) is 7.95. The maximum atomic E-state index is 13.8. The van der Waals surface area contributed by atoms with Gasteiger partial charge in [0.1, 0.15) is 22.8 Å². The van der Waals surface area contributed by atoms with Crippen molar-refractivity contribution in [3.8, 4) is 17.8 Å². The lowest BCUT2D eigenvalue weighted by Gasteiger charge is -2.41. The Morgan fingerprint density at radius 1 is 0.864 bits per heavy atom. The minimum atomic E-state index is -4.56. The molecule has 0 atom stereocenters. The van der Waals surface area contributed by atoms with Crippen molar-refractivity contribution in [1.82, 2.24) is 34.7 Å². The van der Waals surface area contributed by atoms with E-state index in [1.54, 1.807) is 27.1 Å². The highest BCUT2D eigenvalue weighted by Gasteiger charge is 2.42. The Hall–Kier alpha value is -5.95. The molecule has 4 aliphatic heterocycles. The molecule has 0 N–H and O–H groups in total. The second-order valence-corrected chi connectivity index (χ2v) is 15.6. The fourth-order valence-electron chi connectivity index (χ4n) is 8.10. The summed E-state index contributed by atoms with van der Waals surface area (Å²) in [6.07, 6.45) is 2.34. The molecule has 4 aromatic heterocycles. The number of methoxy groups -OCH3 is 1. The number of hydrogen-bond acceptors (Lipinski definition) is 12. The van der Waals surface area contributed by atoms with Crippen LogP contribution in [0.5, 0.6) is 17.8 Å². The van der Waals surface area contributed by atoms with Crippen LogP contribution in [0.15, 0.2) is 42.9 Å². The molecule has 2 amide bonds. The standard InChI is InChI=1S/C39H40F5N10O5/c1-57-35-28-18-53(33(56)10-23-15-51(16-23)26-3-2-7-45-12-26)20-30(28)54(38(49-35)59-37(40)41)21-58-36-27-17-52(19-29(27)47-34(48-36)24-4-5-24)32(55)9-22-13-50(14-22)25-6-8-46-31(11-25)39(42,43)44/h2-3,6-8,11-12,22-24,37H,4-5,9-10,13-21H2,1H3/q+1. The van der Waals surface area contributed by atoms with Crippen molar-refractivity contribution < 1.29 is 50.3 Å². The number of fused-ring (bicyclic) bond motifs is 2. The number of nitrogens with zero attached hydrogens (tertiary/aromatic N) is 10. The summed E-state index contributed by atoms with van der Waals surface area (Å²) in [5.74, 6) is 0.790. The number of anilines is 2. The van der Waals surface area contributed by atoms with E-state index in [-0.39, 0.29) is 80.7 Å². The first-order valence-corrected chi connectivity index (χ1v) is 19.4. The van der Waals surface area contributed by atoms with E-state index in [0.29, 0.717) is 66.6 Å². The highest BCUT2D eigenvalue weighted by Crippen LogP contribution is 2.41. The quantitative estimate of drug-likeness (QED) is 0.141. The van der Waals surface area contributed by atoms with E-state index in [1.165, 1.54) is 17.7 Å². The van der Waals surface area contributed by atoms with E-state index < -0.39 is 24.5 Å². The molecule has 2 saturated heterocycles. The van der Waals surface area contributed by atoms with E-state index >= 15 is 0 Å². The fraction of sp³-hybridized carbons (Fsp3) is 0.487. The van der Waals surface area contributed by atoms with Gasteiger partial charge in [-0.1, -0.05) is 0 Å². The molecule has 1 saturated carbocycles. The van der Waals surface area contributed by atoms with Crippen molar-refractivity contribution in [2.24, 2.45) is 11.8 Å². The second kappa shape index (κ2) is 15.3. The first kappa shape index (κ1) is 38.6. The number of pyridine rings is 2. The Labute approximate surface area is 334 Å². The summed E-state index contributed by atoms with van der Waals surface area (Å²) in [6.45, 7) is -0.718. The summed E-state index contributed by atoms with van der Waals surface area (Å²) in [4.78, 5) is 55.7. The van der Waals surface area contributed by atoms with Gasteiger partial charge in [-0.25, -0.2) is 4.98 Å². The van der Waals surface area contributed by atoms with E-state index in [9.17, 15) is 31.5 Å². The Bertz CT molecular complexity index is 2250. The summed E-state index contributed by atoms with van der Waals surface area (Å²) in [5.41, 5.74) is 2.63. The van der Waals surface area contributed by atoms with Crippen LogP contribution < -0.4 is 28.6 Å².